The lowest BCUT2D eigenvalue weighted by molar-refractivity contribution is 0.626. The van der Waals surface area contributed by atoms with Crippen molar-refractivity contribution in [2.24, 2.45) is 4.99 Å². The first-order chi connectivity index (χ1) is 6.19. The summed E-state index contributed by atoms with van der Waals surface area (Å²) in [6.07, 6.45) is 1.85. The number of rotatable bonds is 1. The van der Waals surface area contributed by atoms with Crippen molar-refractivity contribution in [1.82, 2.24) is 0 Å². The minimum atomic E-state index is -0.292. The summed E-state index contributed by atoms with van der Waals surface area (Å²) in [6.45, 7) is 0. The van der Waals surface area contributed by atoms with E-state index in [2.05, 4.69) is 4.99 Å². The van der Waals surface area contributed by atoms with Crippen molar-refractivity contribution < 1.29 is 4.39 Å². The molecule has 0 unspecified atom stereocenters. The molecule has 13 heavy (non-hydrogen) atoms. The lowest BCUT2D eigenvalue weighted by Gasteiger charge is -2.03. The maximum absolute atomic E-state index is 13.2. The molecule has 1 nitrogen and oxygen atoms in total. The molecule has 0 amide bonds. The molecule has 1 rings (SSSR count). The third kappa shape index (κ3) is 2.45. The summed E-state index contributed by atoms with van der Waals surface area (Å²) in [5.74, 6) is -0.292. The van der Waals surface area contributed by atoms with Crippen molar-refractivity contribution in [3.8, 4) is 0 Å². The van der Waals surface area contributed by atoms with Gasteiger partial charge >= 0.3 is 0 Å². The van der Waals surface area contributed by atoms with Gasteiger partial charge in [-0.15, -0.1) is 11.8 Å². The Bertz CT molecular complexity index is 338. The molecular formula is C9H9ClFNS. The molecule has 0 aromatic heterocycles. The SMILES string of the molecule is CN=C(SC)c1cc(Cl)ccc1F. The van der Waals surface area contributed by atoms with Gasteiger partial charge in [-0.05, 0) is 24.5 Å². The first kappa shape index (κ1) is 10.5. The zero-order chi connectivity index (χ0) is 9.84. The maximum atomic E-state index is 13.2. The van der Waals surface area contributed by atoms with E-state index in [1.165, 1.54) is 23.9 Å². The van der Waals surface area contributed by atoms with Crippen molar-refractivity contribution in [3.05, 3.63) is 34.6 Å². The van der Waals surface area contributed by atoms with Crippen LogP contribution in [0.25, 0.3) is 0 Å². The molecule has 0 N–H and O–H groups in total. The topological polar surface area (TPSA) is 12.4 Å². The Hall–Kier alpha value is -0.540. The van der Waals surface area contributed by atoms with Crippen LogP contribution < -0.4 is 0 Å². The monoisotopic (exact) mass is 217 g/mol. The molecule has 0 bridgehead atoms. The van der Waals surface area contributed by atoms with Gasteiger partial charge in [-0.25, -0.2) is 4.39 Å². The van der Waals surface area contributed by atoms with E-state index in [1.807, 2.05) is 6.26 Å². The summed E-state index contributed by atoms with van der Waals surface area (Å²) in [5.41, 5.74) is 0.461. The second-order valence-electron chi connectivity index (χ2n) is 2.36. The molecule has 4 heteroatoms. The summed E-state index contributed by atoms with van der Waals surface area (Å²) in [6, 6.07) is 4.45. The van der Waals surface area contributed by atoms with Crippen LogP contribution in [-0.4, -0.2) is 18.3 Å². The number of nitrogens with zero attached hydrogens (tertiary/aromatic N) is 1. The molecule has 1 aromatic rings. The summed E-state index contributed by atoms with van der Waals surface area (Å²) in [7, 11) is 1.63. The fraction of sp³-hybridized carbons (Fsp3) is 0.222. The van der Waals surface area contributed by atoms with Gasteiger partial charge in [0.05, 0.1) is 0 Å². The fourth-order valence-electron chi connectivity index (χ4n) is 0.983. The Kier molecular flexibility index (Phi) is 3.75. The second-order valence-corrected chi connectivity index (χ2v) is 3.59. The van der Waals surface area contributed by atoms with Gasteiger partial charge in [0.25, 0.3) is 0 Å². The van der Waals surface area contributed by atoms with E-state index >= 15 is 0 Å². The summed E-state index contributed by atoms with van der Waals surface area (Å²) < 4.78 is 13.2. The van der Waals surface area contributed by atoms with E-state index in [0.29, 0.717) is 15.6 Å². The second kappa shape index (κ2) is 4.63. The zero-order valence-corrected chi connectivity index (χ0v) is 8.92. The molecule has 0 heterocycles. The average Bonchev–Trinajstić information content (AvgIpc) is 2.13. The molecule has 0 aliphatic carbocycles. The molecule has 0 saturated heterocycles. The van der Waals surface area contributed by atoms with Crippen LogP contribution in [0.3, 0.4) is 0 Å². The number of benzene rings is 1. The van der Waals surface area contributed by atoms with Gasteiger partial charge in [0, 0.05) is 17.6 Å². The summed E-state index contributed by atoms with van der Waals surface area (Å²) in [4.78, 5) is 3.96. The molecule has 0 aliphatic heterocycles. The number of halogens is 2. The lowest BCUT2D eigenvalue weighted by Crippen LogP contribution is -1.98. The minimum absolute atomic E-state index is 0.292. The molecule has 0 saturated carbocycles. The predicted molar refractivity (Wildman–Crippen MR) is 57.4 cm³/mol. The smallest absolute Gasteiger partial charge is 0.133 e. The highest BCUT2D eigenvalue weighted by Gasteiger charge is 2.08. The van der Waals surface area contributed by atoms with Gasteiger partial charge in [-0.3, -0.25) is 4.99 Å². The van der Waals surface area contributed by atoms with E-state index in [1.54, 1.807) is 13.1 Å². The van der Waals surface area contributed by atoms with Crippen LogP contribution in [0.2, 0.25) is 5.02 Å². The largest absolute Gasteiger partial charge is 0.281 e. The fourth-order valence-corrected chi connectivity index (χ4v) is 1.71. The highest BCUT2D eigenvalue weighted by Crippen LogP contribution is 2.19. The number of aliphatic imine (C=N–C) groups is 1. The zero-order valence-electron chi connectivity index (χ0n) is 7.34. The van der Waals surface area contributed by atoms with E-state index in [4.69, 9.17) is 11.6 Å². The van der Waals surface area contributed by atoms with Crippen molar-refractivity contribution in [2.75, 3.05) is 13.3 Å². The Labute approximate surface area is 86.0 Å². The van der Waals surface area contributed by atoms with Crippen molar-refractivity contribution in [1.29, 1.82) is 0 Å². The van der Waals surface area contributed by atoms with Crippen LogP contribution >= 0.6 is 23.4 Å². The molecule has 1 aromatic carbocycles. The summed E-state index contributed by atoms with van der Waals surface area (Å²) >= 11 is 7.14. The predicted octanol–water partition coefficient (Wildman–Crippen LogP) is 3.22. The van der Waals surface area contributed by atoms with E-state index in [-0.39, 0.29) is 5.82 Å². The molecule has 70 valence electrons. The quantitative estimate of drug-likeness (QED) is 0.520. The highest BCUT2D eigenvalue weighted by molar-refractivity contribution is 8.13. The van der Waals surface area contributed by atoms with Crippen LogP contribution in [0, 0.1) is 5.82 Å². The number of thioether (sulfide) groups is 1. The van der Waals surface area contributed by atoms with Gasteiger partial charge in [0.2, 0.25) is 0 Å². The van der Waals surface area contributed by atoms with Crippen molar-refractivity contribution >= 4 is 28.4 Å². The Morgan fingerprint density at radius 3 is 2.77 bits per heavy atom. The van der Waals surface area contributed by atoms with Crippen LogP contribution in [0.5, 0.6) is 0 Å². The third-order valence-corrected chi connectivity index (χ3v) is 2.58. The number of hydrogen-bond acceptors (Lipinski definition) is 2. The molecule has 0 spiro atoms. The van der Waals surface area contributed by atoms with Gasteiger partial charge in [-0.2, -0.15) is 0 Å². The molecule has 0 radical (unpaired) electrons. The minimum Gasteiger partial charge on any atom is -0.281 e. The standard InChI is InChI=1S/C9H9ClFNS/c1-12-9(13-2)7-5-6(10)3-4-8(7)11/h3-5H,1-2H3. The normalized spacial score (nSPS) is 11.8. The Morgan fingerprint density at radius 1 is 1.54 bits per heavy atom. The lowest BCUT2D eigenvalue weighted by atomic mass is 10.2. The van der Waals surface area contributed by atoms with Crippen molar-refractivity contribution in [3.63, 3.8) is 0 Å². The Balaban J connectivity index is 3.19. The molecule has 0 fully saturated rings. The van der Waals surface area contributed by atoms with Gasteiger partial charge in [0.1, 0.15) is 10.9 Å². The van der Waals surface area contributed by atoms with Crippen LogP contribution in [0.1, 0.15) is 5.56 Å². The summed E-state index contributed by atoms with van der Waals surface area (Å²) in [5, 5.41) is 1.17. The van der Waals surface area contributed by atoms with Crippen LogP contribution in [-0.2, 0) is 0 Å². The third-order valence-electron chi connectivity index (χ3n) is 1.56. The van der Waals surface area contributed by atoms with Crippen LogP contribution in [0.4, 0.5) is 4.39 Å². The number of hydrogen-bond donors (Lipinski definition) is 0. The first-order valence-corrected chi connectivity index (χ1v) is 5.25. The van der Waals surface area contributed by atoms with Gasteiger partial charge < -0.3 is 0 Å². The van der Waals surface area contributed by atoms with E-state index < -0.39 is 0 Å². The van der Waals surface area contributed by atoms with E-state index in [0.717, 1.165) is 0 Å². The van der Waals surface area contributed by atoms with Gasteiger partial charge in [0.15, 0.2) is 0 Å². The Morgan fingerprint density at radius 2 is 2.23 bits per heavy atom. The first-order valence-electron chi connectivity index (χ1n) is 3.65. The van der Waals surface area contributed by atoms with Crippen LogP contribution in [0.15, 0.2) is 23.2 Å². The molecular weight excluding hydrogens is 209 g/mol. The van der Waals surface area contributed by atoms with E-state index in [9.17, 15) is 4.39 Å². The van der Waals surface area contributed by atoms with Crippen molar-refractivity contribution in [2.45, 2.75) is 0 Å². The molecule has 0 aliphatic rings. The highest BCUT2D eigenvalue weighted by atomic mass is 35.5. The maximum Gasteiger partial charge on any atom is 0.133 e. The van der Waals surface area contributed by atoms with Gasteiger partial charge in [-0.1, -0.05) is 11.6 Å². The average molecular weight is 218 g/mol. The molecule has 0 atom stereocenters.